The summed E-state index contributed by atoms with van der Waals surface area (Å²) in [6.07, 6.45) is 9.16. The third kappa shape index (κ3) is 10.9. The molecule has 0 saturated carbocycles. The highest BCUT2D eigenvalue weighted by Gasteiger charge is 2.39. The molecule has 1 atom stereocenters. The zero-order chi connectivity index (χ0) is 50.3. The Labute approximate surface area is 415 Å². The van der Waals surface area contributed by atoms with Gasteiger partial charge < -0.3 is 49.2 Å². The van der Waals surface area contributed by atoms with Gasteiger partial charge in [-0.15, -0.1) is 0 Å². The molecular formula is C53H60N7O12+. The van der Waals surface area contributed by atoms with E-state index in [9.17, 15) is 39.6 Å². The number of hydrogen-bond acceptors (Lipinski definition) is 12. The van der Waals surface area contributed by atoms with Crippen molar-refractivity contribution in [3.8, 4) is 28.7 Å². The number of carboxylic acid groups (broad SMARTS) is 4. The number of carbonyl (C=O) groups is 4. The van der Waals surface area contributed by atoms with Gasteiger partial charge in [0, 0.05) is 82.2 Å². The van der Waals surface area contributed by atoms with Gasteiger partial charge in [0.2, 0.25) is 5.36 Å². The van der Waals surface area contributed by atoms with Gasteiger partial charge in [0.05, 0.1) is 37.0 Å². The molecule has 0 aliphatic carbocycles. The predicted octanol–water partition coefficient (Wildman–Crippen LogP) is 5.25. The molecule has 4 aromatic rings. The van der Waals surface area contributed by atoms with E-state index in [-0.39, 0.29) is 19.3 Å². The van der Waals surface area contributed by atoms with E-state index in [0.717, 1.165) is 134 Å². The molecule has 5 heterocycles. The summed E-state index contributed by atoms with van der Waals surface area (Å²) in [6, 6.07) is 16.6. The highest BCUT2D eigenvalue weighted by atomic mass is 16.5. The lowest BCUT2D eigenvalue weighted by Gasteiger charge is -2.39. The van der Waals surface area contributed by atoms with E-state index in [4.69, 9.17) is 24.5 Å². The first kappa shape index (κ1) is 49.5. The maximum atomic E-state index is 12.1. The first-order valence-corrected chi connectivity index (χ1v) is 24.9. The molecule has 4 aromatic carbocycles. The lowest BCUT2D eigenvalue weighted by Crippen LogP contribution is -2.56. The van der Waals surface area contributed by atoms with Gasteiger partial charge in [0.25, 0.3) is 0 Å². The monoisotopic (exact) mass is 986 g/mol. The van der Waals surface area contributed by atoms with E-state index in [0.29, 0.717) is 49.1 Å². The molecule has 4 N–H and O–H groups in total. The van der Waals surface area contributed by atoms with Gasteiger partial charge in [-0.05, 0) is 92.4 Å². The molecule has 1 unspecified atom stereocenters. The summed E-state index contributed by atoms with van der Waals surface area (Å²) in [7, 11) is 0. The van der Waals surface area contributed by atoms with Crippen molar-refractivity contribution in [2.45, 2.75) is 76.7 Å². The molecule has 0 radical (unpaired) electrons. The van der Waals surface area contributed by atoms with Crippen LogP contribution >= 0.6 is 0 Å². The van der Waals surface area contributed by atoms with Crippen molar-refractivity contribution in [1.29, 1.82) is 0 Å². The van der Waals surface area contributed by atoms with Crippen LogP contribution in [0.3, 0.4) is 0 Å². The Bertz CT molecular complexity index is 2920. The smallest absolute Gasteiger partial charge is 0.323 e. The van der Waals surface area contributed by atoms with Crippen molar-refractivity contribution < 1.29 is 58.6 Å². The second kappa shape index (κ2) is 22.3. The molecule has 72 heavy (non-hydrogen) atoms. The lowest BCUT2D eigenvalue weighted by atomic mass is 9.82. The van der Waals surface area contributed by atoms with Crippen LogP contribution in [0.4, 0.5) is 11.4 Å². The van der Waals surface area contributed by atoms with Gasteiger partial charge in [0.15, 0.2) is 6.54 Å². The molecule has 0 spiro atoms. The zero-order valence-corrected chi connectivity index (χ0v) is 40.2. The minimum Gasteiger partial charge on any atom is -0.493 e. The van der Waals surface area contributed by atoms with Crippen LogP contribution in [-0.2, 0) is 44.9 Å². The Morgan fingerprint density at radius 3 is 2.21 bits per heavy atom. The molecule has 5 aliphatic rings. The Hall–Kier alpha value is -7.50. The maximum Gasteiger partial charge on any atom is 0.323 e. The molecule has 19 nitrogen and oxygen atoms in total. The number of benzene rings is 4. The van der Waals surface area contributed by atoms with Crippen molar-refractivity contribution in [1.82, 2.24) is 9.48 Å². The van der Waals surface area contributed by atoms with Gasteiger partial charge in [-0.3, -0.25) is 24.1 Å². The van der Waals surface area contributed by atoms with Crippen LogP contribution in [0.1, 0.15) is 78.3 Å². The maximum absolute atomic E-state index is 12.1. The molecule has 0 bridgehead atoms. The third-order valence-corrected chi connectivity index (χ3v) is 14.1. The summed E-state index contributed by atoms with van der Waals surface area (Å²) in [4.78, 5) is 55.6. The molecule has 19 heteroatoms. The van der Waals surface area contributed by atoms with Crippen LogP contribution in [0, 0.1) is 0 Å². The van der Waals surface area contributed by atoms with Crippen LogP contribution in [0.25, 0.3) is 16.0 Å². The van der Waals surface area contributed by atoms with Crippen molar-refractivity contribution >= 4 is 40.8 Å². The molecular weight excluding hydrogens is 927 g/mol. The summed E-state index contributed by atoms with van der Waals surface area (Å²) in [5, 5.41) is 44.4. The largest absolute Gasteiger partial charge is 0.493 e. The van der Waals surface area contributed by atoms with Crippen molar-refractivity contribution in [3.63, 3.8) is 0 Å². The van der Waals surface area contributed by atoms with E-state index < -0.39 is 50.1 Å². The van der Waals surface area contributed by atoms with Crippen LogP contribution in [0.15, 0.2) is 59.7 Å². The number of nitrogens with zero attached hydrogens (tertiary/aromatic N) is 7. The molecule has 0 aromatic heterocycles. The van der Waals surface area contributed by atoms with E-state index in [2.05, 4.69) is 31.6 Å². The number of anilines is 2. The summed E-state index contributed by atoms with van der Waals surface area (Å²) in [5.41, 5.74) is 17.7. The van der Waals surface area contributed by atoms with Gasteiger partial charge in [0.1, 0.15) is 61.6 Å². The van der Waals surface area contributed by atoms with Crippen LogP contribution in [0.2, 0.25) is 0 Å². The summed E-state index contributed by atoms with van der Waals surface area (Å²) < 4.78 is 28.8. The second-order valence-corrected chi connectivity index (χ2v) is 18.9. The fraction of sp³-hybridized carbons (Fsp3) is 0.453. The number of fused-ring (bicyclic) bond motifs is 4. The number of rotatable bonds is 24. The standard InChI is InChI=1S/C53H59N7O12/c54-56-55-17-5-1-2-6-21-70-44-27-36(69-22-23-71-43-14-4-3-13-42(43)60(31-47(65)66)32-48(67)68)15-16-37(44)49-40-25-33-10-7-18-57-19-8-11-38(50(33)57)52(40)72-53-39-12-9-20-58-28-35(24-34(51(39)58)26-41(49)53)59(29-45(61)62)30-46(63)64/h3-4,13-16,25-27,35H,1-2,5-12,17-24,28-32H2,(H3-,61,62,63,64,65,66,67,68)/p+1. The average Bonchev–Trinajstić information content (AvgIpc) is 3.35. The zero-order valence-electron chi connectivity index (χ0n) is 40.2. The van der Waals surface area contributed by atoms with Crippen molar-refractivity contribution in [2.24, 2.45) is 5.11 Å². The SMILES string of the molecule is [N-]=[N+]=NCCCCCCOc1cc(OCCOc2ccccc2N(CC(=O)O)CC(=O)O)ccc1C1=c2cc3c4c(c2Oc2c1cc1c5c2CCCN5CCC1)CCC[N+]=4CC(N(CC(=O)O)CC(=O)O)C3. The van der Waals surface area contributed by atoms with E-state index in [1.807, 2.05) is 18.2 Å². The van der Waals surface area contributed by atoms with E-state index >= 15 is 0 Å². The number of unbranched alkanes of at least 4 members (excludes halogenated alkanes) is 3. The molecule has 378 valence electrons. The number of para-hydroxylation sites is 2. The van der Waals surface area contributed by atoms with Crippen LogP contribution < -0.4 is 43.9 Å². The minimum atomic E-state index is -1.18. The van der Waals surface area contributed by atoms with Gasteiger partial charge in [-0.2, -0.15) is 0 Å². The number of azide groups is 1. The summed E-state index contributed by atoms with van der Waals surface area (Å²) in [6.45, 7) is 2.37. The van der Waals surface area contributed by atoms with Crippen molar-refractivity contribution in [2.75, 3.05) is 88.5 Å². The Morgan fingerprint density at radius 2 is 1.44 bits per heavy atom. The Balaban J connectivity index is 1.13. The number of hydrogen-bond donors (Lipinski definition) is 4. The topological polar surface area (TPSA) is 248 Å². The van der Waals surface area contributed by atoms with Crippen LogP contribution in [0.5, 0.6) is 28.7 Å². The molecule has 0 fully saturated rings. The number of aliphatic carboxylic acids is 4. The number of aryl methyl sites for hydroxylation is 1. The highest BCUT2D eigenvalue weighted by Crippen LogP contribution is 2.50. The van der Waals surface area contributed by atoms with Gasteiger partial charge >= 0.3 is 23.9 Å². The third-order valence-electron chi connectivity index (χ3n) is 14.1. The number of carboxylic acids is 4. The minimum absolute atomic E-state index is 0.0570. The van der Waals surface area contributed by atoms with E-state index in [1.165, 1.54) is 21.7 Å². The first-order valence-electron chi connectivity index (χ1n) is 24.9. The summed E-state index contributed by atoms with van der Waals surface area (Å²) in [5.74, 6) is -1.46. The molecule has 5 aliphatic heterocycles. The van der Waals surface area contributed by atoms with Gasteiger partial charge in [-0.25, -0.2) is 4.58 Å². The Kier molecular flexibility index (Phi) is 15.3. The lowest BCUT2D eigenvalue weighted by molar-refractivity contribution is -0.143. The first-order chi connectivity index (χ1) is 35.0. The van der Waals surface area contributed by atoms with E-state index in [1.54, 1.807) is 29.2 Å². The fourth-order valence-corrected chi connectivity index (χ4v) is 11.2. The number of ether oxygens (including phenoxy) is 4. The predicted molar refractivity (Wildman–Crippen MR) is 266 cm³/mol. The van der Waals surface area contributed by atoms with Gasteiger partial charge in [-0.1, -0.05) is 30.1 Å². The molecule has 9 rings (SSSR count). The molecule has 0 amide bonds. The molecule has 0 saturated heterocycles. The Morgan fingerprint density at radius 1 is 0.736 bits per heavy atom. The average molecular weight is 987 g/mol. The quantitative estimate of drug-likeness (QED) is 0.0203. The fourth-order valence-electron chi connectivity index (χ4n) is 11.2. The van der Waals surface area contributed by atoms with Crippen molar-refractivity contribution in [3.05, 3.63) is 109 Å². The van der Waals surface area contributed by atoms with Crippen LogP contribution in [-0.4, -0.2) is 134 Å². The second-order valence-electron chi connectivity index (χ2n) is 18.9. The normalized spacial score (nSPS) is 16.0. The summed E-state index contributed by atoms with van der Waals surface area (Å²) >= 11 is 0. The highest BCUT2D eigenvalue weighted by molar-refractivity contribution is 5.91.